The Labute approximate surface area is 343 Å². The molecule has 0 saturated heterocycles. The van der Waals surface area contributed by atoms with E-state index in [9.17, 15) is 0 Å². The van der Waals surface area contributed by atoms with Gasteiger partial charge in [-0.15, -0.1) is 22.7 Å². The summed E-state index contributed by atoms with van der Waals surface area (Å²) in [6.07, 6.45) is 0. The average Bonchev–Trinajstić information content (AvgIpc) is 3.96. The molecule has 3 heterocycles. The van der Waals surface area contributed by atoms with Crippen LogP contribution in [0.1, 0.15) is 0 Å². The summed E-state index contributed by atoms with van der Waals surface area (Å²) in [4.78, 5) is 2.39. The predicted molar refractivity (Wildman–Crippen MR) is 252 cm³/mol. The standard InChI is InChI=1S/C54H34N2S2/c1-2-10-39(11-3-1)56-49-15-7-4-12-43(49)44-29-22-38(33-50(44)56)36-20-26-41(27-21-36)55(42-28-30-47-45-13-5-8-16-51(45)58-54(47)34-42)40-24-18-35(19-25-40)37-23-31-53-48(32-37)46-14-6-9-17-52(46)57-53/h1-34H. The van der Waals surface area contributed by atoms with Crippen molar-refractivity contribution >= 4 is 102 Å². The Hall–Kier alpha value is -6.98. The summed E-state index contributed by atoms with van der Waals surface area (Å²) in [6.45, 7) is 0. The number of aromatic nitrogens is 1. The molecule has 0 spiro atoms. The zero-order valence-corrected chi connectivity index (χ0v) is 33.0. The summed E-state index contributed by atoms with van der Waals surface area (Å²) >= 11 is 3.72. The highest BCUT2D eigenvalue weighted by molar-refractivity contribution is 7.26. The van der Waals surface area contributed by atoms with Gasteiger partial charge in [0.1, 0.15) is 0 Å². The maximum Gasteiger partial charge on any atom is 0.0547 e. The molecule has 0 aliphatic heterocycles. The van der Waals surface area contributed by atoms with Gasteiger partial charge in [-0.25, -0.2) is 0 Å². The molecule has 0 aliphatic carbocycles. The van der Waals surface area contributed by atoms with E-state index in [1.807, 2.05) is 22.7 Å². The van der Waals surface area contributed by atoms with Crippen molar-refractivity contribution in [3.05, 3.63) is 206 Å². The normalized spacial score (nSPS) is 11.8. The summed E-state index contributed by atoms with van der Waals surface area (Å²) in [7, 11) is 0. The van der Waals surface area contributed by atoms with Crippen molar-refractivity contribution < 1.29 is 0 Å². The number of hydrogen-bond donors (Lipinski definition) is 0. The summed E-state index contributed by atoms with van der Waals surface area (Å²) in [5, 5.41) is 7.78. The van der Waals surface area contributed by atoms with E-state index < -0.39 is 0 Å². The zero-order valence-electron chi connectivity index (χ0n) is 31.3. The zero-order chi connectivity index (χ0) is 38.2. The minimum atomic E-state index is 1.11. The lowest BCUT2D eigenvalue weighted by atomic mass is 10.0. The Morgan fingerprint density at radius 3 is 1.50 bits per heavy atom. The minimum Gasteiger partial charge on any atom is -0.310 e. The molecule has 0 bridgehead atoms. The van der Waals surface area contributed by atoms with Crippen molar-refractivity contribution in [2.45, 2.75) is 0 Å². The van der Waals surface area contributed by atoms with Gasteiger partial charge in [-0.3, -0.25) is 0 Å². The molecule has 3 aromatic heterocycles. The molecule has 0 aliphatic rings. The fraction of sp³-hybridized carbons (Fsp3) is 0. The Bertz CT molecular complexity index is 3500. The highest BCUT2D eigenvalue weighted by Gasteiger charge is 2.17. The van der Waals surface area contributed by atoms with Crippen LogP contribution in [0.4, 0.5) is 17.1 Å². The number of fused-ring (bicyclic) bond motifs is 9. The molecule has 2 nitrogen and oxygen atoms in total. The number of nitrogens with zero attached hydrogens (tertiary/aromatic N) is 2. The molecular weight excluding hydrogens is 741 g/mol. The van der Waals surface area contributed by atoms with Crippen molar-refractivity contribution in [1.29, 1.82) is 0 Å². The van der Waals surface area contributed by atoms with Crippen LogP contribution in [0.2, 0.25) is 0 Å². The first-order chi connectivity index (χ1) is 28.7. The largest absolute Gasteiger partial charge is 0.310 e. The molecule has 58 heavy (non-hydrogen) atoms. The fourth-order valence-electron chi connectivity index (χ4n) is 8.82. The van der Waals surface area contributed by atoms with Gasteiger partial charge in [0.2, 0.25) is 0 Å². The van der Waals surface area contributed by atoms with Crippen LogP contribution in [0, 0.1) is 0 Å². The van der Waals surface area contributed by atoms with E-state index in [0.717, 1.165) is 17.1 Å². The molecule has 0 unspecified atom stereocenters. The minimum absolute atomic E-state index is 1.11. The third-order valence-electron chi connectivity index (χ3n) is 11.6. The first-order valence-corrected chi connectivity index (χ1v) is 21.3. The van der Waals surface area contributed by atoms with Crippen LogP contribution >= 0.6 is 22.7 Å². The van der Waals surface area contributed by atoms with Gasteiger partial charge < -0.3 is 9.47 Å². The number of hydrogen-bond acceptors (Lipinski definition) is 3. The van der Waals surface area contributed by atoms with E-state index >= 15 is 0 Å². The fourth-order valence-corrected chi connectivity index (χ4v) is 11.0. The second-order valence-corrected chi connectivity index (χ2v) is 17.1. The number of rotatable bonds is 6. The molecular formula is C54H34N2S2. The van der Waals surface area contributed by atoms with Gasteiger partial charge in [0, 0.05) is 73.9 Å². The number of anilines is 3. The number of benzene rings is 9. The summed E-state index contributed by atoms with van der Waals surface area (Å²) in [5.74, 6) is 0. The van der Waals surface area contributed by atoms with Crippen molar-refractivity contribution in [3.63, 3.8) is 0 Å². The predicted octanol–water partition coefficient (Wildman–Crippen LogP) is 16.3. The second-order valence-electron chi connectivity index (χ2n) is 14.9. The van der Waals surface area contributed by atoms with E-state index in [0.29, 0.717) is 0 Å². The molecule has 0 atom stereocenters. The highest BCUT2D eigenvalue weighted by atomic mass is 32.1. The number of thiophene rings is 2. The molecule has 0 saturated carbocycles. The van der Waals surface area contributed by atoms with Crippen molar-refractivity contribution in [3.8, 4) is 27.9 Å². The van der Waals surface area contributed by atoms with E-state index in [1.165, 1.54) is 90.1 Å². The van der Waals surface area contributed by atoms with E-state index in [4.69, 9.17) is 0 Å². The maximum atomic E-state index is 2.39. The summed E-state index contributed by atoms with van der Waals surface area (Å²) in [6, 6.07) is 75.7. The van der Waals surface area contributed by atoms with Crippen LogP contribution < -0.4 is 4.90 Å². The van der Waals surface area contributed by atoms with Crippen LogP contribution in [-0.4, -0.2) is 4.57 Å². The monoisotopic (exact) mass is 774 g/mol. The molecule has 0 fully saturated rings. The topological polar surface area (TPSA) is 8.17 Å². The summed E-state index contributed by atoms with van der Waals surface area (Å²) < 4.78 is 7.65. The summed E-state index contributed by atoms with van der Waals surface area (Å²) in [5.41, 5.74) is 11.8. The van der Waals surface area contributed by atoms with Crippen LogP contribution in [0.5, 0.6) is 0 Å². The molecule has 4 heteroatoms. The van der Waals surface area contributed by atoms with E-state index in [2.05, 4.69) is 216 Å². The molecule has 12 rings (SSSR count). The Balaban J connectivity index is 0.956. The molecule has 0 amide bonds. The molecule has 12 aromatic rings. The lowest BCUT2D eigenvalue weighted by Crippen LogP contribution is -2.09. The van der Waals surface area contributed by atoms with Gasteiger partial charge in [-0.05, 0) is 107 Å². The van der Waals surface area contributed by atoms with Crippen molar-refractivity contribution in [1.82, 2.24) is 4.57 Å². The number of para-hydroxylation sites is 2. The lowest BCUT2D eigenvalue weighted by Gasteiger charge is -2.26. The van der Waals surface area contributed by atoms with Gasteiger partial charge in [0.25, 0.3) is 0 Å². The molecule has 9 aromatic carbocycles. The lowest BCUT2D eigenvalue weighted by molar-refractivity contribution is 1.18. The molecule has 0 radical (unpaired) electrons. The first kappa shape index (κ1) is 33.2. The third-order valence-corrected chi connectivity index (χ3v) is 13.9. The first-order valence-electron chi connectivity index (χ1n) is 19.7. The van der Waals surface area contributed by atoms with Crippen LogP contribution in [0.15, 0.2) is 206 Å². The van der Waals surface area contributed by atoms with Gasteiger partial charge in [-0.2, -0.15) is 0 Å². The van der Waals surface area contributed by atoms with Crippen molar-refractivity contribution in [2.24, 2.45) is 0 Å². The average molecular weight is 775 g/mol. The smallest absolute Gasteiger partial charge is 0.0547 e. The van der Waals surface area contributed by atoms with Gasteiger partial charge in [-0.1, -0.05) is 121 Å². The Morgan fingerprint density at radius 2 is 0.776 bits per heavy atom. The molecule has 0 N–H and O–H groups in total. The maximum absolute atomic E-state index is 2.39. The van der Waals surface area contributed by atoms with Gasteiger partial charge in [0.05, 0.1) is 11.0 Å². The van der Waals surface area contributed by atoms with Crippen LogP contribution in [0.25, 0.3) is 90.1 Å². The van der Waals surface area contributed by atoms with Crippen LogP contribution in [-0.2, 0) is 0 Å². The SMILES string of the molecule is c1ccc(-n2c3ccccc3c3ccc(-c4ccc(N(c5ccc(-c6ccc7sc8ccccc8c7c6)cc5)c5ccc6c(c5)sc5ccccc56)cc4)cc32)cc1. The highest BCUT2D eigenvalue weighted by Crippen LogP contribution is 2.43. The van der Waals surface area contributed by atoms with Crippen molar-refractivity contribution in [2.75, 3.05) is 4.90 Å². The van der Waals surface area contributed by atoms with Crippen LogP contribution in [0.3, 0.4) is 0 Å². The second kappa shape index (κ2) is 13.3. The Kier molecular flexibility index (Phi) is 7.62. The van der Waals surface area contributed by atoms with E-state index in [-0.39, 0.29) is 0 Å². The van der Waals surface area contributed by atoms with Gasteiger partial charge in [0.15, 0.2) is 0 Å². The third kappa shape index (κ3) is 5.37. The Morgan fingerprint density at radius 1 is 0.293 bits per heavy atom. The van der Waals surface area contributed by atoms with E-state index in [1.54, 1.807) is 0 Å². The van der Waals surface area contributed by atoms with Gasteiger partial charge >= 0.3 is 0 Å². The quantitative estimate of drug-likeness (QED) is 0.163. The molecule has 272 valence electrons.